The van der Waals surface area contributed by atoms with Gasteiger partial charge in [0.25, 0.3) is 0 Å². The first-order chi connectivity index (χ1) is 12.6. The lowest BCUT2D eigenvalue weighted by Gasteiger charge is -2.27. The van der Waals surface area contributed by atoms with E-state index in [0.29, 0.717) is 26.2 Å². The van der Waals surface area contributed by atoms with E-state index in [1.807, 2.05) is 42.5 Å². The van der Waals surface area contributed by atoms with Crippen molar-refractivity contribution < 1.29 is 18.7 Å². The van der Waals surface area contributed by atoms with Gasteiger partial charge in [0, 0.05) is 18.4 Å². The second-order valence-electron chi connectivity index (χ2n) is 5.65. The van der Waals surface area contributed by atoms with E-state index in [1.54, 1.807) is 20.0 Å². The van der Waals surface area contributed by atoms with E-state index in [4.69, 9.17) is 14.2 Å². The predicted octanol–water partition coefficient (Wildman–Crippen LogP) is 3.99. The summed E-state index contributed by atoms with van der Waals surface area (Å²) in [5.74, 6) is -0.591. The van der Waals surface area contributed by atoms with Crippen LogP contribution in [0.15, 0.2) is 48.7 Å². The van der Waals surface area contributed by atoms with Gasteiger partial charge in [-0.05, 0) is 44.5 Å². The fraction of sp³-hybridized carbons (Fsp3) is 0.421. The lowest BCUT2D eigenvalue weighted by molar-refractivity contribution is 0.206. The number of aromatic nitrogens is 1. The van der Waals surface area contributed by atoms with Crippen LogP contribution in [-0.4, -0.2) is 36.5 Å². The van der Waals surface area contributed by atoms with Gasteiger partial charge in [0.1, 0.15) is 5.78 Å². The third-order valence-electron chi connectivity index (χ3n) is 3.79. The zero-order valence-electron chi connectivity index (χ0n) is 15.3. The first-order valence-electron chi connectivity index (χ1n) is 8.89. The molecule has 1 heterocycles. The van der Waals surface area contributed by atoms with Crippen molar-refractivity contribution in [1.29, 1.82) is 0 Å². The van der Waals surface area contributed by atoms with Gasteiger partial charge in [-0.1, -0.05) is 30.3 Å². The molecule has 26 heavy (non-hydrogen) atoms. The summed E-state index contributed by atoms with van der Waals surface area (Å²) < 4.78 is 24.3. The smallest absolute Gasteiger partial charge is 0.351 e. The molecule has 6 nitrogen and oxygen atoms in total. The zero-order chi connectivity index (χ0) is 18.8. The molecule has 2 N–H and O–H groups in total. The SMILES string of the molecule is CCOP(=O)(OCC)C(NCCCO)c1ccc(-c2ccccn2)cc1. The second kappa shape index (κ2) is 10.6. The van der Waals surface area contributed by atoms with E-state index in [-0.39, 0.29) is 6.61 Å². The van der Waals surface area contributed by atoms with E-state index in [9.17, 15) is 4.57 Å². The van der Waals surface area contributed by atoms with Crippen molar-refractivity contribution in [2.75, 3.05) is 26.4 Å². The Hall–Kier alpha value is -1.56. The molecule has 1 aromatic heterocycles. The van der Waals surface area contributed by atoms with E-state index in [2.05, 4.69) is 10.3 Å². The molecule has 0 saturated carbocycles. The molecule has 0 saturated heterocycles. The van der Waals surface area contributed by atoms with Gasteiger partial charge in [-0.25, -0.2) is 0 Å². The predicted molar refractivity (Wildman–Crippen MR) is 103 cm³/mol. The molecule has 1 unspecified atom stereocenters. The van der Waals surface area contributed by atoms with E-state index in [0.717, 1.165) is 16.8 Å². The first-order valence-corrected chi connectivity index (χ1v) is 10.5. The Bertz CT molecular complexity index is 684. The van der Waals surface area contributed by atoms with Crippen LogP contribution >= 0.6 is 7.60 Å². The molecule has 0 fully saturated rings. The van der Waals surface area contributed by atoms with Crippen molar-refractivity contribution >= 4 is 7.60 Å². The minimum Gasteiger partial charge on any atom is -0.396 e. The van der Waals surface area contributed by atoms with Gasteiger partial charge in [-0.2, -0.15) is 0 Å². The Morgan fingerprint density at radius 1 is 1.12 bits per heavy atom. The highest BCUT2D eigenvalue weighted by molar-refractivity contribution is 7.54. The number of nitrogens with one attached hydrogen (secondary N) is 1. The van der Waals surface area contributed by atoms with Gasteiger partial charge in [0.05, 0.1) is 18.9 Å². The Morgan fingerprint density at radius 2 is 1.81 bits per heavy atom. The van der Waals surface area contributed by atoms with Crippen molar-refractivity contribution in [3.05, 3.63) is 54.2 Å². The molecule has 0 aliphatic heterocycles. The highest BCUT2D eigenvalue weighted by atomic mass is 31.2. The molecule has 7 heteroatoms. The molecule has 0 spiro atoms. The first kappa shape index (κ1) is 20.7. The Labute approximate surface area is 155 Å². The minimum atomic E-state index is -3.39. The van der Waals surface area contributed by atoms with Crippen LogP contribution in [0.3, 0.4) is 0 Å². The van der Waals surface area contributed by atoms with Crippen LogP contribution in [0.1, 0.15) is 31.6 Å². The van der Waals surface area contributed by atoms with Crippen LogP contribution in [0.4, 0.5) is 0 Å². The van der Waals surface area contributed by atoms with Gasteiger partial charge < -0.3 is 14.2 Å². The van der Waals surface area contributed by atoms with Gasteiger partial charge in [-0.3, -0.25) is 14.9 Å². The maximum atomic E-state index is 13.3. The maximum absolute atomic E-state index is 13.3. The summed E-state index contributed by atoms with van der Waals surface area (Å²) in [6.45, 7) is 4.74. The van der Waals surface area contributed by atoms with E-state index in [1.165, 1.54) is 0 Å². The molecule has 0 radical (unpaired) electrons. The minimum absolute atomic E-state index is 0.0614. The summed E-state index contributed by atoms with van der Waals surface area (Å²) in [5.41, 5.74) is 2.67. The van der Waals surface area contributed by atoms with Crippen molar-refractivity contribution in [3.8, 4) is 11.3 Å². The van der Waals surface area contributed by atoms with E-state index < -0.39 is 13.4 Å². The molecular formula is C19H27N2O4P. The molecule has 1 atom stereocenters. The number of hydrogen-bond acceptors (Lipinski definition) is 6. The average molecular weight is 378 g/mol. The van der Waals surface area contributed by atoms with Crippen LogP contribution in [0.2, 0.25) is 0 Å². The summed E-state index contributed by atoms with van der Waals surface area (Å²) in [4.78, 5) is 4.34. The highest BCUT2D eigenvalue weighted by Gasteiger charge is 2.36. The fourth-order valence-electron chi connectivity index (χ4n) is 2.65. The Balaban J connectivity index is 2.30. The average Bonchev–Trinajstić information content (AvgIpc) is 2.66. The Kier molecular flexibility index (Phi) is 8.42. The third-order valence-corrected chi connectivity index (χ3v) is 6.14. The van der Waals surface area contributed by atoms with Crippen molar-refractivity contribution in [2.45, 2.75) is 26.1 Å². The van der Waals surface area contributed by atoms with Crippen LogP contribution in [-0.2, 0) is 13.6 Å². The number of nitrogens with zero attached hydrogens (tertiary/aromatic N) is 1. The molecule has 0 aliphatic rings. The largest absolute Gasteiger partial charge is 0.396 e. The van der Waals surface area contributed by atoms with Gasteiger partial charge in [0.2, 0.25) is 0 Å². The topological polar surface area (TPSA) is 80.7 Å². The molecule has 0 amide bonds. The maximum Gasteiger partial charge on any atom is 0.351 e. The summed E-state index contributed by atoms with van der Waals surface area (Å²) in [7, 11) is -3.39. The summed E-state index contributed by atoms with van der Waals surface area (Å²) in [6.07, 6.45) is 2.31. The van der Waals surface area contributed by atoms with Crippen molar-refractivity contribution in [1.82, 2.24) is 10.3 Å². The Morgan fingerprint density at radius 3 is 2.35 bits per heavy atom. The second-order valence-corrected chi connectivity index (χ2v) is 7.76. The van der Waals surface area contributed by atoms with Crippen molar-refractivity contribution in [2.24, 2.45) is 0 Å². The molecule has 142 valence electrons. The van der Waals surface area contributed by atoms with Crippen LogP contribution < -0.4 is 5.32 Å². The standard InChI is InChI=1S/C19H27N2O4P/c1-3-24-26(23,25-4-2)19(21-14-7-15-22)17-11-9-16(10-12-17)18-8-5-6-13-20-18/h5-6,8-13,19,21-22H,3-4,7,14-15H2,1-2H3. The number of benzene rings is 1. The highest BCUT2D eigenvalue weighted by Crippen LogP contribution is 2.59. The van der Waals surface area contributed by atoms with Crippen LogP contribution in [0, 0.1) is 0 Å². The van der Waals surface area contributed by atoms with Gasteiger partial charge >= 0.3 is 7.60 Å². The number of pyridine rings is 1. The molecular weight excluding hydrogens is 351 g/mol. The zero-order valence-corrected chi connectivity index (χ0v) is 16.2. The quantitative estimate of drug-likeness (QED) is 0.455. The molecule has 1 aromatic carbocycles. The number of aliphatic hydroxyl groups is 1. The summed E-state index contributed by atoms with van der Waals surface area (Å²) in [5, 5.41) is 12.3. The number of aliphatic hydroxyl groups excluding tert-OH is 1. The van der Waals surface area contributed by atoms with Gasteiger partial charge in [0.15, 0.2) is 0 Å². The fourth-order valence-corrected chi connectivity index (χ4v) is 4.63. The third kappa shape index (κ3) is 5.47. The molecule has 0 aliphatic carbocycles. The number of hydrogen-bond donors (Lipinski definition) is 2. The summed E-state index contributed by atoms with van der Waals surface area (Å²) in [6, 6.07) is 13.5. The van der Waals surface area contributed by atoms with E-state index >= 15 is 0 Å². The monoisotopic (exact) mass is 378 g/mol. The number of rotatable bonds is 11. The van der Waals surface area contributed by atoms with Crippen molar-refractivity contribution in [3.63, 3.8) is 0 Å². The molecule has 0 bridgehead atoms. The molecule has 2 aromatic rings. The lowest BCUT2D eigenvalue weighted by atomic mass is 10.1. The van der Waals surface area contributed by atoms with Crippen LogP contribution in [0.5, 0.6) is 0 Å². The molecule has 2 rings (SSSR count). The van der Waals surface area contributed by atoms with Gasteiger partial charge in [-0.15, -0.1) is 0 Å². The lowest BCUT2D eigenvalue weighted by Crippen LogP contribution is -2.25. The van der Waals surface area contributed by atoms with Crippen LogP contribution in [0.25, 0.3) is 11.3 Å². The normalized spacial score (nSPS) is 12.9. The summed E-state index contributed by atoms with van der Waals surface area (Å²) >= 11 is 0.